The number of aromatic nitrogens is 2. The van der Waals surface area contributed by atoms with E-state index < -0.39 is 0 Å². The highest BCUT2D eigenvalue weighted by Crippen LogP contribution is 2.12. The van der Waals surface area contributed by atoms with Crippen molar-refractivity contribution < 1.29 is 0 Å². The lowest BCUT2D eigenvalue weighted by atomic mass is 10.2. The Balaban J connectivity index is 1.87. The smallest absolute Gasteiger partial charge is 0.171 e. The van der Waals surface area contributed by atoms with Crippen LogP contribution in [0.15, 0.2) is 36.5 Å². The van der Waals surface area contributed by atoms with Crippen LogP contribution in [0.2, 0.25) is 0 Å². The Hall–Kier alpha value is -1.88. The number of hydrogen-bond acceptors (Lipinski definition) is 2. The molecule has 88 valence electrons. The van der Waals surface area contributed by atoms with Crippen LogP contribution < -0.4 is 10.6 Å². The van der Waals surface area contributed by atoms with Gasteiger partial charge in [0.25, 0.3) is 0 Å². The summed E-state index contributed by atoms with van der Waals surface area (Å²) in [6.07, 6.45) is 1.72. The molecule has 4 nitrogen and oxygen atoms in total. The highest BCUT2D eigenvalue weighted by Gasteiger charge is 2.00. The molecule has 1 heterocycles. The van der Waals surface area contributed by atoms with Gasteiger partial charge in [0.05, 0.1) is 12.2 Å². The number of hydrogen-bond donors (Lipinski definition) is 3. The number of thiocarbonyl (C=S) groups is 1. The molecule has 3 N–H and O–H groups in total. The van der Waals surface area contributed by atoms with Gasteiger partial charge in [-0.15, -0.1) is 0 Å². The second-order valence-electron chi connectivity index (χ2n) is 3.70. The first-order valence-corrected chi connectivity index (χ1v) is 5.75. The van der Waals surface area contributed by atoms with E-state index in [1.54, 1.807) is 6.20 Å². The maximum Gasteiger partial charge on any atom is 0.171 e. The predicted octanol–water partition coefficient (Wildman–Crippen LogP) is 2.20. The van der Waals surface area contributed by atoms with Crippen LogP contribution in [0.1, 0.15) is 11.3 Å². The topological polar surface area (TPSA) is 52.7 Å². The van der Waals surface area contributed by atoms with Gasteiger partial charge in [-0.2, -0.15) is 5.10 Å². The third kappa shape index (κ3) is 3.29. The molecule has 0 aliphatic heterocycles. The van der Waals surface area contributed by atoms with Crippen molar-refractivity contribution in [3.63, 3.8) is 0 Å². The number of benzene rings is 1. The van der Waals surface area contributed by atoms with Gasteiger partial charge in [-0.1, -0.05) is 18.2 Å². The molecule has 17 heavy (non-hydrogen) atoms. The van der Waals surface area contributed by atoms with E-state index in [1.807, 2.05) is 37.3 Å². The lowest BCUT2D eigenvalue weighted by Gasteiger charge is -2.11. The summed E-state index contributed by atoms with van der Waals surface area (Å²) in [4.78, 5) is 0. The SMILES string of the molecule is Cc1ccccc1NC(=S)NCc1ccn[nH]1. The monoisotopic (exact) mass is 246 g/mol. The number of rotatable bonds is 3. The van der Waals surface area contributed by atoms with E-state index >= 15 is 0 Å². The van der Waals surface area contributed by atoms with Crippen LogP contribution >= 0.6 is 12.2 Å². The van der Waals surface area contributed by atoms with Gasteiger partial charge in [0, 0.05) is 11.9 Å². The summed E-state index contributed by atoms with van der Waals surface area (Å²) >= 11 is 5.21. The molecular weight excluding hydrogens is 232 g/mol. The summed E-state index contributed by atoms with van der Waals surface area (Å²) in [6.45, 7) is 2.68. The molecule has 5 heteroatoms. The number of para-hydroxylation sites is 1. The van der Waals surface area contributed by atoms with Crippen molar-refractivity contribution in [1.82, 2.24) is 15.5 Å². The third-order valence-electron chi connectivity index (χ3n) is 2.39. The van der Waals surface area contributed by atoms with E-state index in [2.05, 4.69) is 20.8 Å². The fraction of sp³-hybridized carbons (Fsp3) is 0.167. The van der Waals surface area contributed by atoms with Crippen molar-refractivity contribution in [3.05, 3.63) is 47.8 Å². The number of aryl methyl sites for hydroxylation is 1. The van der Waals surface area contributed by atoms with Gasteiger partial charge < -0.3 is 10.6 Å². The number of nitrogens with zero attached hydrogens (tertiary/aromatic N) is 1. The van der Waals surface area contributed by atoms with E-state index in [-0.39, 0.29) is 0 Å². The minimum absolute atomic E-state index is 0.605. The lowest BCUT2D eigenvalue weighted by Crippen LogP contribution is -2.28. The predicted molar refractivity (Wildman–Crippen MR) is 72.8 cm³/mol. The van der Waals surface area contributed by atoms with Crippen LogP contribution in [0.3, 0.4) is 0 Å². The molecular formula is C12H14N4S. The summed E-state index contributed by atoms with van der Waals surface area (Å²) < 4.78 is 0. The first kappa shape index (κ1) is 11.6. The second-order valence-corrected chi connectivity index (χ2v) is 4.11. The first-order chi connectivity index (χ1) is 8.25. The standard InChI is InChI=1S/C12H14N4S/c1-9-4-2-3-5-11(9)15-12(17)13-8-10-6-7-14-16-10/h2-7H,8H2,1H3,(H,14,16)(H2,13,15,17). The Morgan fingerprint density at radius 2 is 2.18 bits per heavy atom. The molecule has 0 spiro atoms. The van der Waals surface area contributed by atoms with Crippen molar-refractivity contribution in [2.45, 2.75) is 13.5 Å². The summed E-state index contributed by atoms with van der Waals surface area (Å²) in [5, 5.41) is 13.6. The average Bonchev–Trinajstić information content (AvgIpc) is 2.82. The zero-order valence-corrected chi connectivity index (χ0v) is 10.3. The van der Waals surface area contributed by atoms with E-state index in [4.69, 9.17) is 12.2 Å². The summed E-state index contributed by atoms with van der Waals surface area (Å²) in [6, 6.07) is 9.93. The van der Waals surface area contributed by atoms with Gasteiger partial charge in [0.15, 0.2) is 5.11 Å². The molecule has 1 aromatic carbocycles. The van der Waals surface area contributed by atoms with Crippen molar-refractivity contribution in [1.29, 1.82) is 0 Å². The Labute approximate surface area is 105 Å². The van der Waals surface area contributed by atoms with Gasteiger partial charge in [-0.3, -0.25) is 5.10 Å². The molecule has 0 radical (unpaired) electrons. The molecule has 0 atom stereocenters. The van der Waals surface area contributed by atoms with Crippen LogP contribution in [-0.2, 0) is 6.54 Å². The van der Waals surface area contributed by atoms with Crippen molar-refractivity contribution in [2.75, 3.05) is 5.32 Å². The quantitative estimate of drug-likeness (QED) is 0.727. The molecule has 0 aliphatic carbocycles. The largest absolute Gasteiger partial charge is 0.357 e. The molecule has 2 rings (SSSR count). The Bertz CT molecular complexity index is 493. The average molecular weight is 246 g/mol. The summed E-state index contributed by atoms with van der Waals surface area (Å²) in [5.41, 5.74) is 3.19. The normalized spacial score (nSPS) is 9.94. The van der Waals surface area contributed by atoms with Gasteiger partial charge in [0.2, 0.25) is 0 Å². The Morgan fingerprint density at radius 3 is 2.88 bits per heavy atom. The van der Waals surface area contributed by atoms with Crippen LogP contribution in [0.5, 0.6) is 0 Å². The van der Waals surface area contributed by atoms with Crippen molar-refractivity contribution >= 4 is 23.0 Å². The summed E-state index contributed by atoms with van der Waals surface area (Å²) in [5.74, 6) is 0. The van der Waals surface area contributed by atoms with Crippen LogP contribution in [0.4, 0.5) is 5.69 Å². The lowest BCUT2D eigenvalue weighted by molar-refractivity contribution is 0.865. The third-order valence-corrected chi connectivity index (χ3v) is 2.64. The molecule has 0 aliphatic rings. The minimum Gasteiger partial charge on any atom is -0.357 e. The molecule has 0 bridgehead atoms. The zero-order chi connectivity index (χ0) is 12.1. The Morgan fingerprint density at radius 1 is 1.35 bits per heavy atom. The van der Waals surface area contributed by atoms with E-state index in [9.17, 15) is 0 Å². The Kier molecular flexibility index (Phi) is 3.72. The summed E-state index contributed by atoms with van der Waals surface area (Å²) in [7, 11) is 0. The molecule has 0 saturated carbocycles. The van der Waals surface area contributed by atoms with Gasteiger partial charge in [0.1, 0.15) is 0 Å². The van der Waals surface area contributed by atoms with Gasteiger partial charge in [-0.25, -0.2) is 0 Å². The van der Waals surface area contributed by atoms with Crippen LogP contribution in [-0.4, -0.2) is 15.3 Å². The van der Waals surface area contributed by atoms with Gasteiger partial charge in [-0.05, 0) is 36.8 Å². The first-order valence-electron chi connectivity index (χ1n) is 5.34. The van der Waals surface area contributed by atoms with Crippen molar-refractivity contribution in [2.24, 2.45) is 0 Å². The second kappa shape index (κ2) is 5.45. The molecule has 0 saturated heterocycles. The van der Waals surface area contributed by atoms with E-state index in [1.165, 1.54) is 0 Å². The zero-order valence-electron chi connectivity index (χ0n) is 9.53. The molecule has 0 unspecified atom stereocenters. The maximum atomic E-state index is 5.21. The van der Waals surface area contributed by atoms with E-state index in [0.29, 0.717) is 11.7 Å². The molecule has 1 aromatic heterocycles. The molecule has 2 aromatic rings. The highest BCUT2D eigenvalue weighted by atomic mass is 32.1. The number of aromatic amines is 1. The number of anilines is 1. The molecule has 0 amide bonds. The fourth-order valence-corrected chi connectivity index (χ4v) is 1.62. The van der Waals surface area contributed by atoms with Gasteiger partial charge >= 0.3 is 0 Å². The maximum absolute atomic E-state index is 5.21. The van der Waals surface area contributed by atoms with Crippen molar-refractivity contribution in [3.8, 4) is 0 Å². The highest BCUT2D eigenvalue weighted by molar-refractivity contribution is 7.80. The number of H-pyrrole nitrogens is 1. The molecule has 0 fully saturated rings. The van der Waals surface area contributed by atoms with Crippen LogP contribution in [0, 0.1) is 6.92 Å². The van der Waals surface area contributed by atoms with E-state index in [0.717, 1.165) is 16.9 Å². The van der Waals surface area contributed by atoms with Crippen LogP contribution in [0.25, 0.3) is 0 Å². The fourth-order valence-electron chi connectivity index (χ4n) is 1.44. The number of nitrogens with one attached hydrogen (secondary N) is 3. The minimum atomic E-state index is 0.605.